The lowest BCUT2D eigenvalue weighted by atomic mass is 10.3. The smallest absolute Gasteiger partial charge is 0.273 e. The molecule has 2 aromatic rings. The number of hydrogen-bond donors (Lipinski definition) is 1. The van der Waals surface area contributed by atoms with Crippen LogP contribution in [0.4, 0.5) is 0 Å². The van der Waals surface area contributed by atoms with Gasteiger partial charge in [-0.2, -0.15) is 0 Å². The van der Waals surface area contributed by atoms with Crippen molar-refractivity contribution >= 4 is 17.2 Å². The topological polar surface area (TPSA) is 71.7 Å². The molecule has 0 spiro atoms. The summed E-state index contributed by atoms with van der Waals surface area (Å²) in [5.41, 5.74) is 6.07. The lowest BCUT2D eigenvalue weighted by Gasteiger charge is -2.34. The number of para-hydroxylation sites is 1. The molecule has 1 amide bonds. The van der Waals surface area contributed by atoms with Crippen LogP contribution in [0.15, 0.2) is 35.7 Å². The molecule has 0 atom stereocenters. The summed E-state index contributed by atoms with van der Waals surface area (Å²) < 4.78 is 5.72. The summed E-state index contributed by atoms with van der Waals surface area (Å²) in [6, 6.07) is 9.82. The van der Waals surface area contributed by atoms with E-state index in [9.17, 15) is 4.79 Å². The molecule has 3 rings (SSSR count). The number of nitrogens with two attached hydrogens (primary N) is 1. The largest absolute Gasteiger partial charge is 0.492 e. The zero-order valence-corrected chi connectivity index (χ0v) is 14.4. The van der Waals surface area contributed by atoms with Crippen molar-refractivity contribution in [3.63, 3.8) is 0 Å². The highest BCUT2D eigenvalue weighted by Gasteiger charge is 2.23. The lowest BCUT2D eigenvalue weighted by Crippen LogP contribution is -2.49. The second-order valence-corrected chi connectivity index (χ2v) is 6.57. The molecule has 128 valence electrons. The van der Waals surface area contributed by atoms with Crippen LogP contribution in [0.2, 0.25) is 0 Å². The van der Waals surface area contributed by atoms with Gasteiger partial charge in [0.1, 0.15) is 23.1 Å². The minimum Gasteiger partial charge on any atom is -0.492 e. The Morgan fingerprint density at radius 1 is 1.21 bits per heavy atom. The van der Waals surface area contributed by atoms with Crippen LogP contribution in [-0.4, -0.2) is 60.0 Å². The standard InChI is InChI=1S/C17H22N4O2S/c18-12-16-19-15(13-24-16)17(22)21-8-6-20(7-9-21)10-11-23-14-4-2-1-3-5-14/h1-5,13H,6-12,18H2. The molecule has 0 unspecified atom stereocenters. The minimum atomic E-state index is 0.00568. The summed E-state index contributed by atoms with van der Waals surface area (Å²) in [6.07, 6.45) is 0. The summed E-state index contributed by atoms with van der Waals surface area (Å²) in [5.74, 6) is 0.900. The average Bonchev–Trinajstić information content (AvgIpc) is 3.12. The molecule has 0 bridgehead atoms. The van der Waals surface area contributed by atoms with Crippen molar-refractivity contribution in [2.45, 2.75) is 6.54 Å². The number of nitrogens with zero attached hydrogens (tertiary/aromatic N) is 3. The number of aromatic nitrogens is 1. The van der Waals surface area contributed by atoms with Crippen molar-refractivity contribution in [2.75, 3.05) is 39.3 Å². The van der Waals surface area contributed by atoms with E-state index in [1.165, 1.54) is 11.3 Å². The van der Waals surface area contributed by atoms with Crippen molar-refractivity contribution in [1.82, 2.24) is 14.8 Å². The molecule has 1 aromatic carbocycles. The van der Waals surface area contributed by atoms with Gasteiger partial charge in [-0.1, -0.05) is 18.2 Å². The first-order valence-electron chi connectivity index (χ1n) is 8.10. The van der Waals surface area contributed by atoms with Crippen LogP contribution >= 0.6 is 11.3 Å². The van der Waals surface area contributed by atoms with Crippen LogP contribution in [-0.2, 0) is 6.54 Å². The Bertz CT molecular complexity index is 654. The molecule has 2 N–H and O–H groups in total. The predicted octanol–water partition coefficient (Wildman–Crippen LogP) is 1.44. The second kappa shape index (κ2) is 8.23. The van der Waals surface area contributed by atoms with Crippen molar-refractivity contribution in [3.05, 3.63) is 46.4 Å². The van der Waals surface area contributed by atoms with E-state index in [4.69, 9.17) is 10.5 Å². The summed E-state index contributed by atoms with van der Waals surface area (Å²) in [4.78, 5) is 20.9. The Labute approximate surface area is 145 Å². The molecule has 1 aliphatic rings. The number of hydrogen-bond acceptors (Lipinski definition) is 6. The number of rotatable bonds is 6. The quantitative estimate of drug-likeness (QED) is 0.857. The van der Waals surface area contributed by atoms with Crippen molar-refractivity contribution in [1.29, 1.82) is 0 Å². The summed E-state index contributed by atoms with van der Waals surface area (Å²) in [6.45, 7) is 5.07. The van der Waals surface area contributed by atoms with Gasteiger partial charge in [0.15, 0.2) is 0 Å². The molecule has 1 fully saturated rings. The zero-order chi connectivity index (χ0) is 16.8. The number of carbonyl (C=O) groups excluding carboxylic acids is 1. The number of benzene rings is 1. The van der Waals surface area contributed by atoms with Gasteiger partial charge in [-0.25, -0.2) is 4.98 Å². The zero-order valence-electron chi connectivity index (χ0n) is 13.6. The van der Waals surface area contributed by atoms with E-state index in [-0.39, 0.29) is 5.91 Å². The van der Waals surface area contributed by atoms with Crippen molar-refractivity contribution in [3.8, 4) is 5.75 Å². The predicted molar refractivity (Wildman–Crippen MR) is 94.3 cm³/mol. The molecule has 7 heteroatoms. The van der Waals surface area contributed by atoms with Gasteiger partial charge in [0.25, 0.3) is 5.91 Å². The molecule has 6 nitrogen and oxygen atoms in total. The summed E-state index contributed by atoms with van der Waals surface area (Å²) in [7, 11) is 0. The normalized spacial score (nSPS) is 15.5. The highest BCUT2D eigenvalue weighted by atomic mass is 32.1. The molecule has 1 saturated heterocycles. The maximum atomic E-state index is 12.4. The van der Waals surface area contributed by atoms with E-state index < -0.39 is 0 Å². The van der Waals surface area contributed by atoms with Crippen LogP contribution in [0.1, 0.15) is 15.5 Å². The molecule has 24 heavy (non-hydrogen) atoms. The minimum absolute atomic E-state index is 0.00568. The van der Waals surface area contributed by atoms with E-state index in [2.05, 4.69) is 9.88 Å². The fourth-order valence-electron chi connectivity index (χ4n) is 2.65. The van der Waals surface area contributed by atoms with Gasteiger partial charge in [-0.05, 0) is 12.1 Å². The Balaban J connectivity index is 1.41. The molecule has 0 radical (unpaired) electrons. The average molecular weight is 346 g/mol. The fourth-order valence-corrected chi connectivity index (χ4v) is 3.30. The van der Waals surface area contributed by atoms with E-state index in [0.29, 0.717) is 18.8 Å². The van der Waals surface area contributed by atoms with Crippen LogP contribution in [0, 0.1) is 0 Å². The third-order valence-electron chi connectivity index (χ3n) is 4.02. The molecule has 2 heterocycles. The SMILES string of the molecule is NCc1nc(C(=O)N2CCN(CCOc3ccccc3)CC2)cs1. The Hall–Kier alpha value is -1.96. The first-order chi connectivity index (χ1) is 11.8. The number of amides is 1. The van der Waals surface area contributed by atoms with Gasteiger partial charge in [0.2, 0.25) is 0 Å². The highest BCUT2D eigenvalue weighted by Crippen LogP contribution is 2.13. The molecule has 0 saturated carbocycles. The molecular formula is C17H22N4O2S. The van der Waals surface area contributed by atoms with Gasteiger partial charge in [-0.3, -0.25) is 9.69 Å². The van der Waals surface area contributed by atoms with E-state index in [1.54, 1.807) is 5.38 Å². The molecule has 0 aliphatic carbocycles. The van der Waals surface area contributed by atoms with Gasteiger partial charge in [-0.15, -0.1) is 11.3 Å². The van der Waals surface area contributed by atoms with Gasteiger partial charge in [0, 0.05) is 44.6 Å². The molecule has 1 aliphatic heterocycles. The third-order valence-corrected chi connectivity index (χ3v) is 4.90. The van der Waals surface area contributed by atoms with Crippen LogP contribution < -0.4 is 10.5 Å². The Kier molecular flexibility index (Phi) is 5.79. The molecule has 1 aromatic heterocycles. The second-order valence-electron chi connectivity index (χ2n) is 5.63. The molecular weight excluding hydrogens is 324 g/mol. The third kappa shape index (κ3) is 4.31. The number of ether oxygens (including phenoxy) is 1. The summed E-state index contributed by atoms with van der Waals surface area (Å²) in [5, 5.41) is 2.60. The van der Waals surface area contributed by atoms with Gasteiger partial charge in [0.05, 0.1) is 0 Å². The lowest BCUT2D eigenvalue weighted by molar-refractivity contribution is 0.0615. The number of piperazine rings is 1. The van der Waals surface area contributed by atoms with Crippen LogP contribution in [0.5, 0.6) is 5.75 Å². The number of carbonyl (C=O) groups is 1. The summed E-state index contributed by atoms with van der Waals surface area (Å²) >= 11 is 1.44. The van der Waals surface area contributed by atoms with Crippen LogP contribution in [0.3, 0.4) is 0 Å². The van der Waals surface area contributed by atoms with Crippen molar-refractivity contribution < 1.29 is 9.53 Å². The van der Waals surface area contributed by atoms with E-state index in [0.717, 1.165) is 43.5 Å². The highest BCUT2D eigenvalue weighted by molar-refractivity contribution is 7.09. The monoisotopic (exact) mass is 346 g/mol. The maximum Gasteiger partial charge on any atom is 0.273 e. The van der Waals surface area contributed by atoms with Crippen LogP contribution in [0.25, 0.3) is 0 Å². The Morgan fingerprint density at radius 2 is 1.96 bits per heavy atom. The maximum absolute atomic E-state index is 12.4. The Morgan fingerprint density at radius 3 is 2.62 bits per heavy atom. The van der Waals surface area contributed by atoms with Gasteiger partial charge < -0.3 is 15.4 Å². The van der Waals surface area contributed by atoms with E-state index >= 15 is 0 Å². The van der Waals surface area contributed by atoms with E-state index in [1.807, 2.05) is 35.2 Å². The number of thiazole rings is 1. The first-order valence-corrected chi connectivity index (χ1v) is 8.98. The van der Waals surface area contributed by atoms with Gasteiger partial charge >= 0.3 is 0 Å². The fraction of sp³-hybridized carbons (Fsp3) is 0.412. The van der Waals surface area contributed by atoms with Crippen molar-refractivity contribution in [2.24, 2.45) is 5.73 Å². The first kappa shape index (κ1) is 16.9.